The second-order valence-electron chi connectivity index (χ2n) is 5.75. The molecule has 0 aliphatic heterocycles. The van der Waals surface area contributed by atoms with Crippen molar-refractivity contribution >= 4 is 28.5 Å². The molecule has 2 N–H and O–H groups in total. The van der Waals surface area contributed by atoms with Crippen molar-refractivity contribution in [3.05, 3.63) is 65.4 Å². The van der Waals surface area contributed by atoms with Crippen LogP contribution in [0.2, 0.25) is 0 Å². The van der Waals surface area contributed by atoms with Crippen molar-refractivity contribution in [2.45, 2.75) is 13.8 Å². The van der Waals surface area contributed by atoms with Crippen LogP contribution in [0.3, 0.4) is 0 Å². The first kappa shape index (κ1) is 15.8. The van der Waals surface area contributed by atoms with E-state index in [4.69, 9.17) is 4.74 Å². The number of benzene rings is 2. The van der Waals surface area contributed by atoms with Gasteiger partial charge in [0.05, 0.1) is 5.56 Å². The van der Waals surface area contributed by atoms with E-state index in [9.17, 15) is 9.59 Å². The van der Waals surface area contributed by atoms with E-state index in [1.165, 1.54) is 0 Å². The number of fused-ring (bicyclic) bond motifs is 1. The SMILES string of the molecule is Cc1cc(C)cc(NC(=O)COC(=O)c2c[nH]c3ccccc23)c1. The third-order valence-corrected chi connectivity index (χ3v) is 3.65. The summed E-state index contributed by atoms with van der Waals surface area (Å²) in [5.41, 5.74) is 4.08. The Bertz CT molecular complexity index is 892. The lowest BCUT2D eigenvalue weighted by atomic mass is 10.1. The van der Waals surface area contributed by atoms with Gasteiger partial charge < -0.3 is 15.0 Å². The van der Waals surface area contributed by atoms with E-state index in [2.05, 4.69) is 10.3 Å². The molecule has 5 heteroatoms. The molecule has 0 spiro atoms. The number of esters is 1. The van der Waals surface area contributed by atoms with Gasteiger partial charge in [0.1, 0.15) is 0 Å². The van der Waals surface area contributed by atoms with E-state index >= 15 is 0 Å². The fourth-order valence-corrected chi connectivity index (χ4v) is 2.69. The largest absolute Gasteiger partial charge is 0.452 e. The van der Waals surface area contributed by atoms with Crippen molar-refractivity contribution in [2.75, 3.05) is 11.9 Å². The summed E-state index contributed by atoms with van der Waals surface area (Å²) in [6.45, 7) is 3.59. The molecule has 0 unspecified atom stereocenters. The van der Waals surface area contributed by atoms with Gasteiger partial charge in [-0.3, -0.25) is 4.79 Å². The molecule has 0 fully saturated rings. The number of carbonyl (C=O) groups excluding carboxylic acids is 2. The molecule has 0 radical (unpaired) electrons. The summed E-state index contributed by atoms with van der Waals surface area (Å²) in [4.78, 5) is 27.1. The van der Waals surface area contributed by atoms with Crippen LogP contribution in [0.25, 0.3) is 10.9 Å². The summed E-state index contributed by atoms with van der Waals surface area (Å²) in [6, 6.07) is 13.2. The van der Waals surface area contributed by atoms with Crippen molar-refractivity contribution in [1.29, 1.82) is 0 Å². The molecule has 2 aromatic carbocycles. The first-order valence-electron chi connectivity index (χ1n) is 7.64. The molecule has 1 heterocycles. The maximum absolute atomic E-state index is 12.2. The van der Waals surface area contributed by atoms with Gasteiger partial charge in [0.2, 0.25) is 0 Å². The van der Waals surface area contributed by atoms with Gasteiger partial charge in [-0.1, -0.05) is 24.3 Å². The predicted molar refractivity (Wildman–Crippen MR) is 93.1 cm³/mol. The predicted octanol–water partition coefficient (Wildman–Crippen LogP) is 3.58. The quantitative estimate of drug-likeness (QED) is 0.721. The third kappa shape index (κ3) is 3.46. The Labute approximate surface area is 139 Å². The van der Waals surface area contributed by atoms with Gasteiger partial charge >= 0.3 is 5.97 Å². The highest BCUT2D eigenvalue weighted by molar-refractivity contribution is 6.05. The fourth-order valence-electron chi connectivity index (χ4n) is 2.69. The summed E-state index contributed by atoms with van der Waals surface area (Å²) in [6.07, 6.45) is 1.59. The number of H-pyrrole nitrogens is 1. The number of aromatic amines is 1. The summed E-state index contributed by atoms with van der Waals surface area (Å²) in [5, 5.41) is 3.51. The molecule has 24 heavy (non-hydrogen) atoms. The van der Waals surface area contributed by atoms with Gasteiger partial charge in [-0.15, -0.1) is 0 Å². The topological polar surface area (TPSA) is 71.2 Å². The number of anilines is 1. The number of carbonyl (C=O) groups is 2. The number of nitrogens with one attached hydrogen (secondary N) is 2. The second-order valence-corrected chi connectivity index (χ2v) is 5.75. The van der Waals surface area contributed by atoms with Crippen LogP contribution in [-0.4, -0.2) is 23.5 Å². The summed E-state index contributed by atoms with van der Waals surface area (Å²) in [5.74, 6) is -0.892. The highest BCUT2D eigenvalue weighted by atomic mass is 16.5. The highest BCUT2D eigenvalue weighted by Gasteiger charge is 2.14. The number of aryl methyl sites for hydroxylation is 2. The minimum atomic E-state index is -0.525. The number of rotatable bonds is 4. The normalized spacial score (nSPS) is 10.6. The molecule has 3 rings (SSSR count). The number of ether oxygens (including phenoxy) is 1. The van der Waals surface area contributed by atoms with Crippen molar-refractivity contribution < 1.29 is 14.3 Å². The maximum Gasteiger partial charge on any atom is 0.340 e. The van der Waals surface area contributed by atoms with Crippen LogP contribution in [0.5, 0.6) is 0 Å². The Morgan fingerprint density at radius 3 is 2.54 bits per heavy atom. The third-order valence-electron chi connectivity index (χ3n) is 3.65. The van der Waals surface area contributed by atoms with Gasteiger partial charge in [-0.05, 0) is 43.2 Å². The highest BCUT2D eigenvalue weighted by Crippen LogP contribution is 2.18. The summed E-state index contributed by atoms with van der Waals surface area (Å²) >= 11 is 0. The molecule has 0 saturated carbocycles. The van der Waals surface area contributed by atoms with E-state index in [-0.39, 0.29) is 12.5 Å². The molecule has 1 amide bonds. The number of para-hydroxylation sites is 1. The smallest absolute Gasteiger partial charge is 0.340 e. The van der Waals surface area contributed by atoms with Crippen LogP contribution < -0.4 is 5.32 Å². The Morgan fingerprint density at radius 2 is 1.79 bits per heavy atom. The van der Waals surface area contributed by atoms with Crippen LogP contribution in [0, 0.1) is 13.8 Å². The standard InChI is InChI=1S/C19H18N2O3/c1-12-7-13(2)9-14(8-12)21-18(22)11-24-19(23)16-10-20-17-6-4-3-5-15(16)17/h3-10,20H,11H2,1-2H3,(H,21,22). The van der Waals surface area contributed by atoms with Crippen molar-refractivity contribution in [1.82, 2.24) is 4.98 Å². The molecule has 122 valence electrons. The van der Waals surface area contributed by atoms with Crippen LogP contribution in [0.4, 0.5) is 5.69 Å². The van der Waals surface area contributed by atoms with Gasteiger partial charge in [0.25, 0.3) is 5.91 Å². The van der Waals surface area contributed by atoms with Gasteiger partial charge in [0.15, 0.2) is 6.61 Å². The zero-order chi connectivity index (χ0) is 17.1. The van der Waals surface area contributed by atoms with Gasteiger partial charge in [0, 0.05) is 22.8 Å². The first-order chi connectivity index (χ1) is 11.5. The van der Waals surface area contributed by atoms with Crippen LogP contribution in [0.15, 0.2) is 48.7 Å². The average molecular weight is 322 g/mol. The number of aromatic nitrogens is 1. The number of hydrogen-bond donors (Lipinski definition) is 2. The van der Waals surface area contributed by atoms with Gasteiger partial charge in [-0.25, -0.2) is 4.79 Å². The van der Waals surface area contributed by atoms with E-state index in [1.54, 1.807) is 6.20 Å². The molecular weight excluding hydrogens is 304 g/mol. The van der Waals surface area contributed by atoms with E-state index in [0.29, 0.717) is 11.3 Å². The average Bonchev–Trinajstić information content (AvgIpc) is 2.95. The maximum atomic E-state index is 12.2. The van der Waals surface area contributed by atoms with Crippen molar-refractivity contribution in [3.8, 4) is 0 Å². The molecule has 0 atom stereocenters. The lowest BCUT2D eigenvalue weighted by Gasteiger charge is -2.08. The Morgan fingerprint density at radius 1 is 1.08 bits per heavy atom. The Balaban J connectivity index is 1.62. The minimum Gasteiger partial charge on any atom is -0.452 e. The molecule has 0 aliphatic carbocycles. The van der Waals surface area contributed by atoms with E-state index in [1.807, 2.05) is 56.3 Å². The first-order valence-corrected chi connectivity index (χ1v) is 7.64. The zero-order valence-corrected chi connectivity index (χ0v) is 13.6. The minimum absolute atomic E-state index is 0.328. The van der Waals surface area contributed by atoms with Crippen molar-refractivity contribution in [3.63, 3.8) is 0 Å². The summed E-state index contributed by atoms with van der Waals surface area (Å²) < 4.78 is 5.12. The summed E-state index contributed by atoms with van der Waals surface area (Å²) in [7, 11) is 0. The molecule has 0 saturated heterocycles. The van der Waals surface area contributed by atoms with Crippen LogP contribution in [-0.2, 0) is 9.53 Å². The monoisotopic (exact) mass is 322 g/mol. The Hall–Kier alpha value is -3.08. The molecule has 0 bridgehead atoms. The lowest BCUT2D eigenvalue weighted by molar-refractivity contribution is -0.119. The van der Waals surface area contributed by atoms with Crippen LogP contribution >= 0.6 is 0 Å². The number of hydrogen-bond acceptors (Lipinski definition) is 3. The second kappa shape index (κ2) is 6.58. The lowest BCUT2D eigenvalue weighted by Crippen LogP contribution is -2.21. The van der Waals surface area contributed by atoms with Crippen molar-refractivity contribution in [2.24, 2.45) is 0 Å². The Kier molecular flexibility index (Phi) is 4.33. The van der Waals surface area contributed by atoms with Gasteiger partial charge in [-0.2, -0.15) is 0 Å². The molecule has 3 aromatic rings. The fraction of sp³-hybridized carbons (Fsp3) is 0.158. The van der Waals surface area contributed by atoms with E-state index < -0.39 is 5.97 Å². The molecule has 0 aliphatic rings. The molecular formula is C19H18N2O3. The van der Waals surface area contributed by atoms with Crippen LogP contribution in [0.1, 0.15) is 21.5 Å². The van der Waals surface area contributed by atoms with E-state index in [0.717, 1.165) is 22.0 Å². The number of amides is 1. The molecule has 5 nitrogen and oxygen atoms in total. The zero-order valence-electron chi connectivity index (χ0n) is 13.6. The molecule has 1 aromatic heterocycles.